The fourth-order valence-corrected chi connectivity index (χ4v) is 7.34. The maximum atomic E-state index is 12.7. The number of phenolic OH excluding ortho intramolecular Hbond substituents is 1. The quantitative estimate of drug-likeness (QED) is 0.0139. The van der Waals surface area contributed by atoms with Crippen LogP contribution in [0, 0.1) is 11.4 Å². The minimum atomic E-state index is -5.01. The van der Waals surface area contributed by atoms with Crippen molar-refractivity contribution in [1.82, 2.24) is 4.90 Å². The van der Waals surface area contributed by atoms with Crippen LogP contribution in [0.2, 0.25) is 0 Å². The lowest BCUT2D eigenvalue weighted by molar-refractivity contribution is -0.432. The number of fused-ring (bicyclic) bond motifs is 1. The van der Waals surface area contributed by atoms with E-state index in [2.05, 4.69) is 44.3 Å². The van der Waals surface area contributed by atoms with Gasteiger partial charge >= 0.3 is 10.4 Å². The topological polar surface area (TPSA) is 330 Å². The van der Waals surface area contributed by atoms with Gasteiger partial charge in [-0.05, 0) is 95.7 Å². The van der Waals surface area contributed by atoms with Crippen LogP contribution in [0.5, 0.6) is 5.75 Å². The van der Waals surface area contributed by atoms with E-state index >= 15 is 0 Å². The lowest BCUT2D eigenvalue weighted by Crippen LogP contribution is -2.25. The highest BCUT2D eigenvalue weighted by atomic mass is 32.3. The highest BCUT2D eigenvalue weighted by Gasteiger charge is 2.25. The maximum absolute atomic E-state index is 12.7. The zero-order valence-electron chi connectivity index (χ0n) is 28.1. The van der Waals surface area contributed by atoms with Gasteiger partial charge in [-0.1, -0.05) is 12.0 Å². The van der Waals surface area contributed by atoms with Crippen molar-refractivity contribution < 1.29 is 68.8 Å². The van der Waals surface area contributed by atoms with Gasteiger partial charge in [0.25, 0.3) is 10.1 Å². The minimum Gasteiger partial charge on any atom is -0.505 e. The van der Waals surface area contributed by atoms with Crippen LogP contribution in [0.4, 0.5) is 28.4 Å². The Balaban J connectivity index is 0.00000812. The van der Waals surface area contributed by atoms with E-state index in [-0.39, 0.29) is 48.9 Å². The number of nitrogens with zero attached hydrogens (tertiary/aromatic N) is 5. The van der Waals surface area contributed by atoms with E-state index < -0.39 is 52.4 Å². The molecular formula is C29H30N6O15S5. The Morgan fingerprint density at radius 2 is 1.49 bits per heavy atom. The number of hydrogen-bond donors (Lipinski definition) is 5. The number of anilines is 1. The van der Waals surface area contributed by atoms with E-state index in [9.17, 15) is 34.9 Å². The number of benzene rings is 4. The molecule has 0 heterocycles. The maximum Gasteiger partial charge on any atom is 0.433 e. The van der Waals surface area contributed by atoms with Crippen LogP contribution in [0.3, 0.4) is 0 Å². The summed E-state index contributed by atoms with van der Waals surface area (Å²) in [4.78, 5) is 5.57. The van der Waals surface area contributed by atoms with E-state index in [1.807, 2.05) is 17.9 Å². The molecule has 0 unspecified atom stereocenters. The summed E-state index contributed by atoms with van der Waals surface area (Å²) in [5.74, 6) is -0.776. The number of aromatic hydroxyl groups is 1. The second kappa shape index (κ2) is 19.4. The smallest absolute Gasteiger partial charge is 0.433 e. The third-order valence-electron chi connectivity index (χ3n) is 6.96. The molecule has 21 nitrogen and oxygen atoms in total. The molecule has 0 aliphatic carbocycles. The van der Waals surface area contributed by atoms with Crippen molar-refractivity contribution in [2.75, 3.05) is 31.6 Å². The number of rotatable bonds is 16. The molecule has 4 rings (SSSR count). The lowest BCUT2D eigenvalue weighted by atomic mass is 10.1. The second-order valence-electron chi connectivity index (χ2n) is 10.5. The first-order valence-corrected chi connectivity index (χ1v) is 20.6. The molecule has 0 saturated carbocycles. The van der Waals surface area contributed by atoms with Gasteiger partial charge in [0.05, 0.1) is 50.0 Å². The Hall–Kier alpha value is -4.47. The number of nitrogen functional groups attached to an aromatic ring is 1. The first-order valence-electron chi connectivity index (χ1n) is 14.6. The predicted octanol–water partition coefficient (Wildman–Crippen LogP) is 5.30. The number of sulfone groups is 1. The Labute approximate surface area is 322 Å². The number of nitrogens with two attached hydrogens (primary N) is 1. The number of hydrogen-bond acceptors (Lipinski definition) is 20. The van der Waals surface area contributed by atoms with Gasteiger partial charge < -0.3 is 21.2 Å². The zero-order chi connectivity index (χ0) is 39.7. The minimum absolute atomic E-state index is 0. The van der Waals surface area contributed by atoms with Crippen LogP contribution in [0.15, 0.2) is 101 Å². The molecule has 4 aromatic carbocycles. The molecule has 4 aromatic rings. The van der Waals surface area contributed by atoms with Crippen molar-refractivity contribution in [2.45, 2.75) is 26.5 Å². The summed E-state index contributed by atoms with van der Waals surface area (Å²) in [6.45, 7) is 2.89. The predicted molar refractivity (Wildman–Crippen MR) is 198 cm³/mol. The number of azo groups is 2. The number of phenols is 1. The lowest BCUT2D eigenvalue weighted by Gasteiger charge is -2.14. The molecule has 0 aliphatic heterocycles. The molecule has 55 heavy (non-hydrogen) atoms. The van der Waals surface area contributed by atoms with Crippen LogP contribution in [-0.2, 0) is 48.9 Å². The van der Waals surface area contributed by atoms with Crippen molar-refractivity contribution >= 4 is 93.4 Å². The van der Waals surface area contributed by atoms with Gasteiger partial charge in [-0.25, -0.2) is 13.7 Å². The van der Waals surface area contributed by atoms with Crippen molar-refractivity contribution in [1.29, 1.82) is 0 Å². The summed E-state index contributed by atoms with van der Waals surface area (Å²) in [5, 5.41) is 41.9. The molecule has 26 heteroatoms. The molecule has 0 amide bonds. The molecule has 0 atom stereocenters. The number of thioether (sulfide) groups is 1. The second-order valence-corrected chi connectivity index (χ2v) is 16.6. The first kappa shape index (κ1) is 44.9. The van der Waals surface area contributed by atoms with Crippen LogP contribution in [0.1, 0.15) is 6.92 Å². The molecular weight excluding hydrogens is 833 g/mol. The molecule has 296 valence electrons. The summed E-state index contributed by atoms with van der Waals surface area (Å²) < 4.78 is 97.9. The molecule has 8 N–H and O–H groups in total. The van der Waals surface area contributed by atoms with Crippen LogP contribution < -0.4 is 5.73 Å². The Morgan fingerprint density at radius 3 is 2.05 bits per heavy atom. The average Bonchev–Trinajstić information content (AvgIpc) is 3.11. The zero-order valence-corrected chi connectivity index (χ0v) is 32.2. The highest BCUT2D eigenvalue weighted by Crippen LogP contribution is 2.49. The van der Waals surface area contributed by atoms with E-state index in [0.717, 1.165) is 17.8 Å². The highest BCUT2D eigenvalue weighted by molar-refractivity contribution is 8.04. The van der Waals surface area contributed by atoms with Gasteiger partial charge in [-0.2, -0.15) is 27.1 Å². The van der Waals surface area contributed by atoms with Crippen molar-refractivity contribution in [3.05, 3.63) is 60.7 Å². The van der Waals surface area contributed by atoms with Gasteiger partial charge in [0.2, 0.25) is 0 Å². The Bertz CT molecular complexity index is 2460. The normalized spacial score (nSPS) is 12.3. The molecule has 0 aliphatic rings. The fourth-order valence-electron chi connectivity index (χ4n) is 4.25. The molecule has 0 fully saturated rings. The fraction of sp³-hybridized carbons (Fsp3) is 0.172. The Kier molecular flexibility index (Phi) is 15.9. The van der Waals surface area contributed by atoms with E-state index in [1.165, 1.54) is 42.5 Å². The van der Waals surface area contributed by atoms with E-state index in [0.29, 0.717) is 30.0 Å². The monoisotopic (exact) mass is 862 g/mol. The molecule has 0 bridgehead atoms. The standard InChI is InChI=1S/C29H28N6O14S5.H2O/c1-3-35(2)12-15-52(38,39)22-10-6-20(7-11-22)32-34-28-24(53(40,41)42)17-18-16-23(51-48-47-37)27(29(36)25(18)26(28)30)33-31-19-4-8-21(9-5-19)50-14-13-46-49-54(43,44)45;/h4-11,16-17,36-37H,3,12,15,30H2,1-2H3,(H,40,41,42)(H,43,44,45);1H2. The van der Waals surface area contributed by atoms with Gasteiger partial charge in [-0.3, -0.25) is 14.0 Å². The van der Waals surface area contributed by atoms with E-state index in [4.69, 9.17) is 15.5 Å². The van der Waals surface area contributed by atoms with Gasteiger partial charge in [-0.15, -0.1) is 14.6 Å². The van der Waals surface area contributed by atoms with Crippen LogP contribution >= 0.6 is 23.8 Å². The van der Waals surface area contributed by atoms with Gasteiger partial charge in [0.15, 0.2) is 21.7 Å². The van der Waals surface area contributed by atoms with E-state index in [1.54, 1.807) is 19.2 Å². The largest absolute Gasteiger partial charge is 0.505 e. The van der Waals surface area contributed by atoms with Crippen LogP contribution in [-0.4, -0.2) is 81.0 Å². The third kappa shape index (κ3) is 12.5. The van der Waals surface area contributed by atoms with Gasteiger partial charge in [0.1, 0.15) is 16.3 Å². The summed E-state index contributed by atoms with van der Waals surface area (Å²) in [5.41, 5.74) is 5.36. The first-order chi connectivity index (χ1) is 25.4. The van der Waals surface area contributed by atoms with Crippen molar-refractivity contribution in [3.63, 3.8) is 0 Å². The Morgan fingerprint density at radius 1 is 0.891 bits per heavy atom. The van der Waals surface area contributed by atoms with Crippen LogP contribution in [0.25, 0.3) is 10.8 Å². The molecule has 0 radical (unpaired) electrons. The summed E-state index contributed by atoms with van der Waals surface area (Å²) in [6, 6.07) is 13.5. The SMILES string of the molecule is CCN(C)CCS(=O)(=O)c1ccc(N=Nc2c(S(=O)(=O)O)cc3cc(SOOO)c(N=Nc4ccc(SC#COOS(=O)(=O)O)cc4)c(O)c3c2N)cc1.O. The van der Waals surface area contributed by atoms with Crippen molar-refractivity contribution in [3.8, 4) is 17.1 Å². The molecule has 0 aromatic heterocycles. The average molecular weight is 863 g/mol. The van der Waals surface area contributed by atoms with Crippen molar-refractivity contribution in [2.24, 2.45) is 20.5 Å². The molecule has 0 spiro atoms. The third-order valence-corrected chi connectivity index (χ3v) is 11.1. The van der Waals surface area contributed by atoms with Gasteiger partial charge in [0, 0.05) is 16.7 Å². The summed E-state index contributed by atoms with van der Waals surface area (Å²) in [7, 11) is -11.7. The summed E-state index contributed by atoms with van der Waals surface area (Å²) in [6.07, 6.45) is 1.90. The molecule has 0 saturated heterocycles. The summed E-state index contributed by atoms with van der Waals surface area (Å²) >= 11 is 1.24.